The van der Waals surface area contributed by atoms with Gasteiger partial charge in [0.1, 0.15) is 12.7 Å². The summed E-state index contributed by atoms with van der Waals surface area (Å²) < 4.78 is 9.75. The molecule has 122 valence electrons. The van der Waals surface area contributed by atoms with Crippen LogP contribution < -0.4 is 29.6 Å². The molecule has 0 spiro atoms. The Bertz CT molecular complexity index is 388. The number of carbonyl (C=O) groups is 4. The number of hydrogen-bond donors (Lipinski definition) is 2. The van der Waals surface area contributed by atoms with Crippen LogP contribution in [0.2, 0.25) is 0 Å². The van der Waals surface area contributed by atoms with E-state index in [9.17, 15) is 19.2 Å². The van der Waals surface area contributed by atoms with Crippen LogP contribution in [0.3, 0.4) is 0 Å². The molecule has 0 aliphatic heterocycles. The second-order valence-electron chi connectivity index (χ2n) is 4.48. The molecule has 0 aliphatic carbocycles. The molecule has 2 N–H and O–H groups in total. The van der Waals surface area contributed by atoms with Crippen molar-refractivity contribution in [2.45, 2.75) is 51.6 Å². The predicted octanol–water partition coefficient (Wildman–Crippen LogP) is -1.91. The van der Waals surface area contributed by atoms with Crippen LogP contribution in [-0.2, 0) is 28.7 Å². The van der Waals surface area contributed by atoms with Gasteiger partial charge in [0.2, 0.25) is 0 Å². The second-order valence-corrected chi connectivity index (χ2v) is 4.48. The summed E-state index contributed by atoms with van der Waals surface area (Å²) in [6, 6.07) is 0. The van der Waals surface area contributed by atoms with E-state index >= 15 is 0 Å². The third kappa shape index (κ3) is 15.3. The molecule has 0 fully saturated rings. The van der Waals surface area contributed by atoms with Gasteiger partial charge in [0.15, 0.2) is 0 Å². The molecule has 9 heteroatoms. The Labute approximate surface area is 151 Å². The molecule has 1 atom stereocenters. The van der Waals surface area contributed by atoms with Gasteiger partial charge in [-0.2, -0.15) is 0 Å². The fourth-order valence-electron chi connectivity index (χ4n) is 1.37. The zero-order valence-electron chi connectivity index (χ0n) is 13.9. The van der Waals surface area contributed by atoms with E-state index in [2.05, 4.69) is 0 Å². The molecule has 0 radical (unpaired) electrons. The average molecular weight is 328 g/mol. The minimum atomic E-state index is -0.980. The number of rotatable bonds is 11. The molecule has 0 saturated heterocycles. The van der Waals surface area contributed by atoms with E-state index in [0.29, 0.717) is 0 Å². The molecule has 0 amide bonds. The number of esters is 2. The van der Waals surface area contributed by atoms with Crippen LogP contribution in [0.1, 0.15) is 46.9 Å². The van der Waals surface area contributed by atoms with Gasteiger partial charge in [-0.05, 0) is 19.8 Å². The first-order valence-electron chi connectivity index (χ1n) is 6.60. The molecule has 0 aromatic rings. The summed E-state index contributed by atoms with van der Waals surface area (Å²) in [6.45, 7) is 1.43. The molecule has 0 aromatic heterocycles. The summed E-state index contributed by atoms with van der Waals surface area (Å²) in [5.74, 6) is -3.06. The van der Waals surface area contributed by atoms with Crippen LogP contribution in [0.5, 0.6) is 0 Å². The fraction of sp³-hybridized carbons (Fsp3) is 0.692. The predicted molar refractivity (Wildman–Crippen MR) is 70.6 cm³/mol. The third-order valence-electron chi connectivity index (χ3n) is 2.35. The molecule has 0 heterocycles. The van der Waals surface area contributed by atoms with E-state index in [4.69, 9.17) is 19.7 Å². The third-order valence-corrected chi connectivity index (χ3v) is 2.35. The largest absolute Gasteiger partial charge is 1.00 e. The van der Waals surface area contributed by atoms with Crippen LogP contribution in [0.4, 0.5) is 0 Å². The first kappa shape index (κ1) is 23.2. The van der Waals surface area contributed by atoms with Gasteiger partial charge in [0, 0.05) is 25.7 Å². The molecule has 1 unspecified atom stereocenters. The Morgan fingerprint density at radius 1 is 0.909 bits per heavy atom. The molecule has 0 saturated carbocycles. The maximum Gasteiger partial charge on any atom is 1.00 e. The molecule has 0 aliphatic rings. The Kier molecular flexibility index (Phi) is 14.2. The van der Waals surface area contributed by atoms with Gasteiger partial charge in [0.05, 0.1) is 0 Å². The maximum atomic E-state index is 11.3. The number of hydrogen-bond acceptors (Lipinski definition) is 6. The van der Waals surface area contributed by atoms with Crippen LogP contribution >= 0.6 is 0 Å². The fourth-order valence-corrected chi connectivity index (χ4v) is 1.37. The minimum absolute atomic E-state index is 0. The van der Waals surface area contributed by atoms with Crippen molar-refractivity contribution in [2.24, 2.45) is 0 Å². The van der Waals surface area contributed by atoms with Gasteiger partial charge >= 0.3 is 53.4 Å². The summed E-state index contributed by atoms with van der Waals surface area (Å²) >= 11 is 0. The van der Waals surface area contributed by atoms with Crippen molar-refractivity contribution in [3.05, 3.63) is 0 Å². The Balaban J connectivity index is -0.00000200. The molecular formula is C13H21NaO8. The Morgan fingerprint density at radius 2 is 1.36 bits per heavy atom. The molecule has 0 rings (SSSR count). The number of ether oxygens (including phenoxy) is 2. The van der Waals surface area contributed by atoms with Gasteiger partial charge in [-0.1, -0.05) is 0 Å². The van der Waals surface area contributed by atoms with Crippen molar-refractivity contribution in [3.8, 4) is 0 Å². The SMILES string of the molecule is CC(COC(=O)CCCC(=O)O)OC(=O)CCCC(=O)O.[H-].[Na+]. The van der Waals surface area contributed by atoms with E-state index in [1.165, 1.54) is 0 Å². The normalized spacial score (nSPS) is 11.0. The van der Waals surface area contributed by atoms with Crippen molar-refractivity contribution < 1.29 is 69.8 Å². The molecule has 0 aromatic carbocycles. The van der Waals surface area contributed by atoms with E-state index in [0.717, 1.165) is 0 Å². The number of aliphatic carboxylic acids is 2. The zero-order valence-corrected chi connectivity index (χ0v) is 14.9. The van der Waals surface area contributed by atoms with Crippen molar-refractivity contribution in [1.82, 2.24) is 0 Å². The number of carboxylic acid groups (broad SMARTS) is 2. The van der Waals surface area contributed by atoms with Crippen LogP contribution in [-0.4, -0.2) is 46.8 Å². The van der Waals surface area contributed by atoms with Crippen LogP contribution in [0.25, 0.3) is 0 Å². The topological polar surface area (TPSA) is 127 Å². The average Bonchev–Trinajstić information content (AvgIpc) is 2.35. The first-order valence-corrected chi connectivity index (χ1v) is 6.60. The summed E-state index contributed by atoms with van der Waals surface area (Å²) in [5, 5.41) is 16.8. The molecule has 0 bridgehead atoms. The first-order chi connectivity index (χ1) is 9.81. The van der Waals surface area contributed by atoms with Gasteiger partial charge in [0.25, 0.3) is 0 Å². The quantitative estimate of drug-likeness (QED) is 0.332. The van der Waals surface area contributed by atoms with Crippen LogP contribution in [0.15, 0.2) is 0 Å². The van der Waals surface area contributed by atoms with Gasteiger partial charge in [-0.15, -0.1) is 0 Å². The number of carboxylic acids is 2. The summed E-state index contributed by atoms with van der Waals surface area (Å²) in [7, 11) is 0. The van der Waals surface area contributed by atoms with Crippen molar-refractivity contribution in [3.63, 3.8) is 0 Å². The van der Waals surface area contributed by atoms with Gasteiger partial charge < -0.3 is 21.1 Å². The molecular weight excluding hydrogens is 307 g/mol. The van der Waals surface area contributed by atoms with E-state index in [-0.39, 0.29) is 76.1 Å². The maximum absolute atomic E-state index is 11.3. The van der Waals surface area contributed by atoms with Gasteiger partial charge in [-0.25, -0.2) is 0 Å². The summed E-state index contributed by atoms with van der Waals surface area (Å²) in [5.41, 5.74) is 0. The van der Waals surface area contributed by atoms with Crippen LogP contribution in [0, 0.1) is 0 Å². The van der Waals surface area contributed by atoms with Crippen molar-refractivity contribution in [1.29, 1.82) is 0 Å². The molecule has 22 heavy (non-hydrogen) atoms. The number of carbonyl (C=O) groups excluding carboxylic acids is 2. The standard InChI is InChI=1S/C13H20O8.Na.H/c1-9(21-13(19)7-3-5-11(16)17)8-20-12(18)6-2-4-10(14)15;;/h9H,2-8H2,1H3,(H,14,15)(H,16,17);;/q;+1;-1. The van der Waals surface area contributed by atoms with Gasteiger partial charge in [-0.3, -0.25) is 19.2 Å². The van der Waals surface area contributed by atoms with E-state index in [1.54, 1.807) is 6.92 Å². The van der Waals surface area contributed by atoms with E-state index < -0.39 is 30.0 Å². The zero-order chi connectivity index (χ0) is 16.3. The summed E-state index contributed by atoms with van der Waals surface area (Å²) in [6.07, 6.45) is -0.487. The minimum Gasteiger partial charge on any atom is -1.00 e. The van der Waals surface area contributed by atoms with Crippen molar-refractivity contribution >= 4 is 23.9 Å². The summed E-state index contributed by atoms with van der Waals surface area (Å²) in [4.78, 5) is 43.1. The molecule has 8 nitrogen and oxygen atoms in total. The monoisotopic (exact) mass is 328 g/mol. The smallest absolute Gasteiger partial charge is 1.00 e. The van der Waals surface area contributed by atoms with Crippen molar-refractivity contribution in [2.75, 3.05) is 6.61 Å². The van der Waals surface area contributed by atoms with E-state index in [1.807, 2.05) is 0 Å². The second kappa shape index (κ2) is 13.5. The Morgan fingerprint density at radius 3 is 1.82 bits per heavy atom. The Hall–Kier alpha value is -1.12.